The van der Waals surface area contributed by atoms with E-state index in [2.05, 4.69) is 35.1 Å². The lowest BCUT2D eigenvalue weighted by Gasteiger charge is -2.35. The molecule has 5 amide bonds. The molecule has 1 saturated carbocycles. The molecule has 0 aromatic carbocycles. The molecular weight excluding hydrogens is 676 g/mol. The fourth-order valence-corrected chi connectivity index (χ4v) is 7.47. The average Bonchev–Trinajstić information content (AvgIpc) is 3.43. The van der Waals surface area contributed by atoms with Crippen molar-refractivity contribution in [2.45, 2.75) is 160 Å². The predicted molar refractivity (Wildman–Crippen MR) is 209 cm³/mol. The molecule has 0 bridgehead atoms. The van der Waals surface area contributed by atoms with Crippen LogP contribution in [0.2, 0.25) is 0 Å². The summed E-state index contributed by atoms with van der Waals surface area (Å²) in [5, 5.41) is 12.1. The topological polar surface area (TPSA) is 201 Å². The van der Waals surface area contributed by atoms with E-state index in [1.807, 2.05) is 18.9 Å². The molecule has 8 N–H and O–H groups in total. The number of unbranched alkanes of at least 4 members (excludes halogenated alkanes) is 3. The van der Waals surface area contributed by atoms with Gasteiger partial charge in [-0.05, 0) is 51.5 Å². The van der Waals surface area contributed by atoms with Crippen LogP contribution in [-0.4, -0.2) is 123 Å². The van der Waals surface area contributed by atoms with Crippen LogP contribution in [0.5, 0.6) is 0 Å². The molecule has 14 nitrogen and oxygen atoms in total. The Balaban J connectivity index is 2.52. The number of nitrogens with two attached hydrogens (primary N) is 2. The van der Waals surface area contributed by atoms with E-state index in [1.165, 1.54) is 4.90 Å². The fourth-order valence-electron chi connectivity index (χ4n) is 7.47. The van der Waals surface area contributed by atoms with Crippen molar-refractivity contribution >= 4 is 29.5 Å². The van der Waals surface area contributed by atoms with Gasteiger partial charge in [0.2, 0.25) is 29.5 Å². The van der Waals surface area contributed by atoms with Crippen molar-refractivity contribution in [3.63, 3.8) is 0 Å². The number of carbonyl (C=O) groups excluding carboxylic acids is 5. The van der Waals surface area contributed by atoms with Crippen molar-refractivity contribution in [3.05, 3.63) is 0 Å². The summed E-state index contributed by atoms with van der Waals surface area (Å²) in [7, 11) is 3.47. The lowest BCUT2D eigenvalue weighted by atomic mass is 9.90. The van der Waals surface area contributed by atoms with Crippen LogP contribution in [0.25, 0.3) is 0 Å². The molecule has 1 aliphatic carbocycles. The summed E-state index contributed by atoms with van der Waals surface area (Å²) in [6, 6.07) is -3.62. The molecule has 2 fully saturated rings. The zero-order valence-electron chi connectivity index (χ0n) is 33.8. The summed E-state index contributed by atoms with van der Waals surface area (Å²) in [5.74, 6) is -2.30. The van der Waals surface area contributed by atoms with E-state index in [1.54, 1.807) is 14.0 Å². The molecule has 1 saturated heterocycles. The molecular formula is C39H74N8O6. The van der Waals surface area contributed by atoms with Crippen molar-refractivity contribution in [1.82, 2.24) is 31.1 Å². The number of nitrogens with zero attached hydrogens (tertiary/aromatic N) is 2. The molecule has 0 unspecified atom stereocenters. The first kappa shape index (κ1) is 46.3. The molecule has 0 aromatic rings. The molecule has 306 valence electrons. The van der Waals surface area contributed by atoms with Gasteiger partial charge in [0.1, 0.15) is 12.1 Å². The zero-order valence-corrected chi connectivity index (χ0v) is 33.8. The van der Waals surface area contributed by atoms with Gasteiger partial charge in [0, 0.05) is 45.8 Å². The summed E-state index contributed by atoms with van der Waals surface area (Å²) in [4.78, 5) is 72.3. The molecule has 14 heteroatoms. The average molecular weight is 751 g/mol. The van der Waals surface area contributed by atoms with Crippen LogP contribution in [-0.2, 0) is 28.7 Å². The minimum absolute atomic E-state index is 0.0221. The summed E-state index contributed by atoms with van der Waals surface area (Å²) >= 11 is 0. The van der Waals surface area contributed by atoms with Crippen LogP contribution < -0.4 is 32.7 Å². The number of hydrogen-bond acceptors (Lipinski definition) is 9. The highest BCUT2D eigenvalue weighted by molar-refractivity contribution is 5.95. The maximum Gasteiger partial charge on any atom is 0.244 e. The summed E-state index contributed by atoms with van der Waals surface area (Å²) < 4.78 is 6.43. The highest BCUT2D eigenvalue weighted by Gasteiger charge is 2.36. The van der Waals surface area contributed by atoms with Crippen molar-refractivity contribution in [3.8, 4) is 0 Å². The molecule has 1 aliphatic heterocycles. The quantitative estimate of drug-likeness (QED) is 0.114. The normalized spacial score (nSPS) is 28.2. The summed E-state index contributed by atoms with van der Waals surface area (Å²) in [6.07, 6.45) is 12.3. The monoisotopic (exact) mass is 751 g/mol. The molecule has 2 rings (SSSR count). The van der Waals surface area contributed by atoms with Gasteiger partial charge >= 0.3 is 0 Å². The first-order chi connectivity index (χ1) is 25.4. The molecule has 7 atom stereocenters. The minimum atomic E-state index is -1.23. The number of rotatable bonds is 14. The number of nitrogens with one attached hydrogen (secondary N) is 4. The predicted octanol–water partition coefficient (Wildman–Crippen LogP) is 2.18. The second-order valence-corrected chi connectivity index (χ2v) is 15.5. The van der Waals surface area contributed by atoms with E-state index in [0.29, 0.717) is 32.5 Å². The van der Waals surface area contributed by atoms with Gasteiger partial charge in [-0.25, -0.2) is 0 Å². The zero-order chi connectivity index (χ0) is 39.3. The Morgan fingerprint density at radius 3 is 2.13 bits per heavy atom. The molecule has 0 spiro atoms. The Bertz CT molecular complexity index is 1120. The molecule has 53 heavy (non-hydrogen) atoms. The van der Waals surface area contributed by atoms with Crippen LogP contribution in [0.4, 0.5) is 0 Å². The number of amides is 5. The van der Waals surface area contributed by atoms with Crippen LogP contribution >= 0.6 is 0 Å². The van der Waals surface area contributed by atoms with Crippen molar-refractivity contribution in [1.29, 1.82) is 0 Å². The van der Waals surface area contributed by atoms with E-state index in [0.717, 1.165) is 77.0 Å². The van der Waals surface area contributed by atoms with E-state index < -0.39 is 41.9 Å². The highest BCUT2D eigenvalue weighted by atomic mass is 16.5. The second kappa shape index (κ2) is 25.3. The van der Waals surface area contributed by atoms with Crippen molar-refractivity contribution in [2.24, 2.45) is 23.3 Å². The number of likely N-dealkylation sites (N-methyl/N-ethyl adjacent to an activating group) is 1. The van der Waals surface area contributed by atoms with Crippen molar-refractivity contribution in [2.75, 3.05) is 46.9 Å². The number of carbonyl (C=O) groups is 5. The molecule has 2 aliphatic rings. The highest BCUT2D eigenvalue weighted by Crippen LogP contribution is 2.27. The molecule has 1 heterocycles. The van der Waals surface area contributed by atoms with Gasteiger partial charge in [-0.15, -0.1) is 0 Å². The Hall–Kier alpha value is -2.81. The second-order valence-electron chi connectivity index (χ2n) is 15.5. The van der Waals surface area contributed by atoms with Gasteiger partial charge in [0.25, 0.3) is 0 Å². The van der Waals surface area contributed by atoms with Crippen LogP contribution in [0.1, 0.15) is 124 Å². The summed E-state index contributed by atoms with van der Waals surface area (Å²) in [5.41, 5.74) is 11.7. The number of ether oxygens (including phenoxy) is 1. The van der Waals surface area contributed by atoms with Crippen LogP contribution in [0, 0.1) is 11.8 Å². The van der Waals surface area contributed by atoms with E-state index in [9.17, 15) is 24.0 Å². The Labute approximate surface area is 319 Å². The Morgan fingerprint density at radius 1 is 0.849 bits per heavy atom. The third-order valence-corrected chi connectivity index (χ3v) is 11.0. The first-order valence-corrected chi connectivity index (χ1v) is 20.5. The largest absolute Gasteiger partial charge is 0.375 e. The van der Waals surface area contributed by atoms with Gasteiger partial charge in [-0.1, -0.05) is 78.6 Å². The van der Waals surface area contributed by atoms with Gasteiger partial charge < -0.3 is 47.3 Å². The van der Waals surface area contributed by atoms with Gasteiger partial charge in [-0.3, -0.25) is 24.0 Å². The minimum Gasteiger partial charge on any atom is -0.375 e. The van der Waals surface area contributed by atoms with Gasteiger partial charge in [-0.2, -0.15) is 0 Å². The van der Waals surface area contributed by atoms with Gasteiger partial charge in [0.05, 0.1) is 31.1 Å². The smallest absolute Gasteiger partial charge is 0.244 e. The van der Waals surface area contributed by atoms with E-state index in [4.69, 9.17) is 16.2 Å². The van der Waals surface area contributed by atoms with E-state index in [-0.39, 0.29) is 55.4 Å². The lowest BCUT2D eigenvalue weighted by molar-refractivity contribution is -0.142. The molecule has 0 aromatic heterocycles. The first-order valence-electron chi connectivity index (χ1n) is 20.5. The third kappa shape index (κ3) is 15.8. The Morgan fingerprint density at radius 2 is 1.51 bits per heavy atom. The maximum atomic E-state index is 14.1. The SMILES string of the molecule is CCCCCC[C@H]1OC[C@@H](C)NC(=O)[C@H](CC(=O)N(C)CCCN)NC(=O)[C@H](CN)NC(=O)[C@H](C2CCCCCC2)NC[C@H](CCC)N(C)C(=O)[C@@H]1C. The van der Waals surface area contributed by atoms with Gasteiger partial charge in [0.15, 0.2) is 0 Å². The maximum absolute atomic E-state index is 14.1. The van der Waals surface area contributed by atoms with Crippen LogP contribution in [0.3, 0.4) is 0 Å². The lowest BCUT2D eigenvalue weighted by Crippen LogP contribution is -2.60. The number of hydrogen-bond donors (Lipinski definition) is 6. The van der Waals surface area contributed by atoms with Crippen molar-refractivity contribution < 1.29 is 28.7 Å². The molecule has 0 radical (unpaired) electrons. The third-order valence-electron chi connectivity index (χ3n) is 11.0. The summed E-state index contributed by atoms with van der Waals surface area (Å²) in [6.45, 7) is 9.11. The standard InChI is InChI=1S/C39H74N8O6/c1-7-9-10-15-20-33-28(4)39(52)47(6)30(17-8-2)25-42-35(29-18-13-11-12-14-19-29)38(51)45-32(24-41)37(50)44-31(36(49)43-27(3)26-53-33)23-34(48)46(5)22-16-21-40/h27-33,35,42H,7-26,40-41H2,1-6H3,(H,43,49)(H,44,50)(H,45,51)/t27-,28-,30+,31+,32+,33-,35+/m1/s1. The van der Waals surface area contributed by atoms with Crippen LogP contribution in [0.15, 0.2) is 0 Å². The van der Waals surface area contributed by atoms with E-state index >= 15 is 0 Å². The Kier molecular flexibility index (Phi) is 22.1. The fraction of sp³-hybridized carbons (Fsp3) is 0.872.